The van der Waals surface area contributed by atoms with Crippen molar-refractivity contribution < 1.29 is 4.74 Å². The molecule has 5 saturated heterocycles. The molecule has 2 heteroatoms. The lowest BCUT2D eigenvalue weighted by molar-refractivity contribution is -0.106. The molecule has 0 aromatic heterocycles. The minimum Gasteiger partial charge on any atom is -0.375 e. The van der Waals surface area contributed by atoms with Crippen molar-refractivity contribution in [3.8, 4) is 0 Å². The summed E-state index contributed by atoms with van der Waals surface area (Å²) in [6.45, 7) is 7.54. The van der Waals surface area contributed by atoms with Crippen LogP contribution in [0.4, 0.5) is 0 Å². The van der Waals surface area contributed by atoms with Crippen molar-refractivity contribution in [2.24, 2.45) is 34.5 Å². The van der Waals surface area contributed by atoms with Crippen LogP contribution in [0.1, 0.15) is 78.6 Å². The van der Waals surface area contributed by atoms with E-state index in [4.69, 9.17) is 16.3 Å². The van der Waals surface area contributed by atoms with Gasteiger partial charge in [-0.05, 0) is 99.2 Å². The second kappa shape index (κ2) is 4.70. The molecule has 4 saturated carbocycles. The lowest BCUT2D eigenvalue weighted by Gasteiger charge is -2.64. The van der Waals surface area contributed by atoms with Crippen molar-refractivity contribution in [3.63, 3.8) is 0 Å². The van der Waals surface area contributed by atoms with Crippen LogP contribution in [0.5, 0.6) is 0 Å². The number of ether oxygens (including phenoxy) is 1. The fraction of sp³-hybridized carbons (Fsp3) is 1.00. The Morgan fingerprint density at radius 2 is 1.61 bits per heavy atom. The van der Waals surface area contributed by atoms with Gasteiger partial charge in [-0.25, -0.2) is 0 Å². The van der Waals surface area contributed by atoms with Crippen LogP contribution in [0.2, 0.25) is 0 Å². The van der Waals surface area contributed by atoms with Crippen LogP contribution < -0.4 is 0 Å². The molecule has 9 atom stereocenters. The van der Waals surface area contributed by atoms with E-state index in [2.05, 4.69) is 20.8 Å². The Morgan fingerprint density at radius 1 is 0.870 bits per heavy atom. The Morgan fingerprint density at radius 3 is 2.43 bits per heavy atom. The molecule has 130 valence electrons. The van der Waals surface area contributed by atoms with Gasteiger partial charge >= 0.3 is 0 Å². The van der Waals surface area contributed by atoms with Gasteiger partial charge in [0.2, 0.25) is 0 Å². The maximum absolute atomic E-state index is 7.63. The number of rotatable bonds is 0. The average Bonchev–Trinajstić information content (AvgIpc) is 2.84. The molecule has 5 aliphatic heterocycles. The number of hydrogen-bond donors (Lipinski definition) is 0. The van der Waals surface area contributed by atoms with E-state index in [1.807, 2.05) is 0 Å². The molecule has 0 amide bonds. The molecule has 0 N–H and O–H groups in total. The number of alkyl halides is 1. The van der Waals surface area contributed by atoms with Crippen LogP contribution in [-0.2, 0) is 4.74 Å². The van der Waals surface area contributed by atoms with Crippen LogP contribution in [0.15, 0.2) is 0 Å². The second-order valence-electron chi connectivity index (χ2n) is 10.2. The van der Waals surface area contributed by atoms with Gasteiger partial charge in [0.05, 0.1) is 17.1 Å². The highest BCUT2D eigenvalue weighted by Crippen LogP contribution is 2.72. The first kappa shape index (κ1) is 15.5. The quantitative estimate of drug-likeness (QED) is 0.508. The van der Waals surface area contributed by atoms with Crippen LogP contribution in [0.3, 0.4) is 0 Å². The smallest absolute Gasteiger partial charge is 0.0584 e. The molecular weight excluding hydrogens is 304 g/mol. The molecule has 23 heavy (non-hydrogen) atoms. The van der Waals surface area contributed by atoms with Gasteiger partial charge in [-0.2, -0.15) is 0 Å². The summed E-state index contributed by atoms with van der Waals surface area (Å²) in [6.07, 6.45) is 12.9. The Balaban J connectivity index is 1.68. The van der Waals surface area contributed by atoms with Crippen molar-refractivity contribution in [2.45, 2.75) is 95.6 Å². The first-order chi connectivity index (χ1) is 10.9. The third kappa shape index (κ3) is 1.75. The lowest BCUT2D eigenvalue weighted by atomic mass is 9.44. The Bertz CT molecular complexity index is 520. The van der Waals surface area contributed by atoms with Gasteiger partial charge in [0, 0.05) is 0 Å². The molecule has 5 heterocycles. The molecule has 4 aliphatic carbocycles. The van der Waals surface area contributed by atoms with Crippen molar-refractivity contribution in [1.29, 1.82) is 0 Å². The zero-order valence-corrected chi connectivity index (χ0v) is 15.9. The maximum atomic E-state index is 7.63. The largest absolute Gasteiger partial charge is 0.375 e. The number of fused-ring (bicyclic) bond motifs is 1. The first-order valence-electron chi connectivity index (χ1n) is 10.2. The molecule has 0 spiro atoms. The molecule has 9 aliphatic rings. The standard InChI is InChI=1S/C21H33ClO/c1-13-16-6-7-17-18-5-4-14-12-15(23-13)8-9-20(14,3)21(18,22)11-10-19(16,17)2/h13-18H,4-12H2,1-3H3/t13?,14?,15?,16-,17-,18-,19-,20+,21+/m1/s1. The van der Waals surface area contributed by atoms with Crippen molar-refractivity contribution >= 4 is 11.6 Å². The molecule has 8 bridgehead atoms. The highest BCUT2D eigenvalue weighted by Gasteiger charge is 2.67. The van der Waals surface area contributed by atoms with Gasteiger partial charge in [-0.3, -0.25) is 0 Å². The van der Waals surface area contributed by atoms with Crippen molar-refractivity contribution in [2.75, 3.05) is 0 Å². The van der Waals surface area contributed by atoms with E-state index < -0.39 is 0 Å². The number of hydrogen-bond acceptors (Lipinski definition) is 1. The summed E-state index contributed by atoms with van der Waals surface area (Å²) in [4.78, 5) is 0.0769. The summed E-state index contributed by atoms with van der Waals surface area (Å²) in [5.74, 6) is 3.16. The summed E-state index contributed by atoms with van der Waals surface area (Å²) in [6, 6.07) is 0. The molecule has 0 aromatic rings. The van der Waals surface area contributed by atoms with Gasteiger partial charge in [0.1, 0.15) is 0 Å². The summed E-state index contributed by atoms with van der Waals surface area (Å²) >= 11 is 7.63. The molecule has 0 aromatic carbocycles. The molecule has 9 rings (SSSR count). The molecule has 3 unspecified atom stereocenters. The highest BCUT2D eigenvalue weighted by molar-refractivity contribution is 6.25. The van der Waals surface area contributed by atoms with Gasteiger partial charge < -0.3 is 4.74 Å². The SMILES string of the molecule is CC1OC2CC[C@@]3(C)C(CC[C@@H]4[C@H]5CC[C@H]1[C@@]5(C)CC[C@]43Cl)C2. The molecular formula is C21H33ClO. The minimum absolute atomic E-state index is 0.0769. The van der Waals surface area contributed by atoms with Gasteiger partial charge in [0.25, 0.3) is 0 Å². The Hall–Kier alpha value is 0.250. The zero-order valence-electron chi connectivity index (χ0n) is 15.1. The van der Waals surface area contributed by atoms with Crippen molar-refractivity contribution in [3.05, 3.63) is 0 Å². The first-order valence-corrected chi connectivity index (χ1v) is 10.6. The Kier molecular flexibility index (Phi) is 3.17. The monoisotopic (exact) mass is 336 g/mol. The van der Waals surface area contributed by atoms with Crippen LogP contribution in [0.25, 0.3) is 0 Å². The second-order valence-corrected chi connectivity index (χ2v) is 10.9. The fourth-order valence-electron chi connectivity index (χ4n) is 8.44. The predicted molar refractivity (Wildman–Crippen MR) is 94.6 cm³/mol. The maximum Gasteiger partial charge on any atom is 0.0584 e. The average molecular weight is 337 g/mol. The van der Waals surface area contributed by atoms with Crippen molar-refractivity contribution in [1.82, 2.24) is 0 Å². The molecule has 1 nitrogen and oxygen atoms in total. The van der Waals surface area contributed by atoms with E-state index in [0.29, 0.717) is 23.0 Å². The predicted octanol–water partition coefficient (Wildman–Crippen LogP) is 5.79. The van der Waals surface area contributed by atoms with E-state index >= 15 is 0 Å². The summed E-state index contributed by atoms with van der Waals surface area (Å²) in [5, 5.41) is 0. The highest BCUT2D eigenvalue weighted by atomic mass is 35.5. The van der Waals surface area contributed by atoms with E-state index in [-0.39, 0.29) is 4.87 Å². The lowest BCUT2D eigenvalue weighted by Crippen LogP contribution is -2.62. The van der Waals surface area contributed by atoms with E-state index in [9.17, 15) is 0 Å². The number of halogens is 1. The zero-order chi connectivity index (χ0) is 16.0. The van der Waals surface area contributed by atoms with Gasteiger partial charge in [-0.15, -0.1) is 11.6 Å². The van der Waals surface area contributed by atoms with Crippen LogP contribution >= 0.6 is 11.6 Å². The van der Waals surface area contributed by atoms with Gasteiger partial charge in [-0.1, -0.05) is 13.8 Å². The minimum atomic E-state index is 0.0769. The fourth-order valence-corrected chi connectivity index (χ4v) is 9.04. The summed E-state index contributed by atoms with van der Waals surface area (Å²) in [5.41, 5.74) is 0.833. The normalized spacial score (nSPS) is 64.2. The molecule has 0 radical (unpaired) electrons. The summed E-state index contributed by atoms with van der Waals surface area (Å²) in [7, 11) is 0. The summed E-state index contributed by atoms with van der Waals surface area (Å²) < 4.78 is 6.70. The van der Waals surface area contributed by atoms with Crippen LogP contribution in [-0.4, -0.2) is 17.1 Å². The third-order valence-corrected chi connectivity index (χ3v) is 10.7. The van der Waals surface area contributed by atoms with Gasteiger partial charge in [0.15, 0.2) is 0 Å². The van der Waals surface area contributed by atoms with Crippen LogP contribution in [0, 0.1) is 34.5 Å². The van der Waals surface area contributed by atoms with E-state index in [1.54, 1.807) is 0 Å². The van der Waals surface area contributed by atoms with E-state index in [0.717, 1.165) is 23.7 Å². The van der Waals surface area contributed by atoms with E-state index in [1.165, 1.54) is 57.8 Å². The molecule has 9 fully saturated rings. The third-order valence-electron chi connectivity index (χ3n) is 9.77. The topological polar surface area (TPSA) is 9.23 Å². The Labute approximate surface area is 146 Å².